The smallest absolute Gasteiger partial charge is 0.262 e. The summed E-state index contributed by atoms with van der Waals surface area (Å²) in [7, 11) is 0. The van der Waals surface area contributed by atoms with Gasteiger partial charge in [-0.1, -0.05) is 24.3 Å². The molecule has 0 spiro atoms. The van der Waals surface area contributed by atoms with E-state index in [9.17, 15) is 19.2 Å². The molecule has 4 rings (SSSR count). The first kappa shape index (κ1) is 22.5. The number of ether oxygens (including phenoxy) is 1. The molecule has 2 aromatic rings. The summed E-state index contributed by atoms with van der Waals surface area (Å²) in [6.45, 7) is 4.06. The van der Waals surface area contributed by atoms with Crippen molar-refractivity contribution < 1.29 is 23.9 Å². The van der Waals surface area contributed by atoms with Gasteiger partial charge in [0.25, 0.3) is 11.8 Å². The van der Waals surface area contributed by atoms with Crippen molar-refractivity contribution in [3.8, 4) is 5.75 Å². The highest BCUT2D eigenvalue weighted by Crippen LogP contribution is 2.22. The molecule has 8 heteroatoms. The van der Waals surface area contributed by atoms with Gasteiger partial charge in [0.2, 0.25) is 11.8 Å². The van der Waals surface area contributed by atoms with E-state index in [-0.39, 0.29) is 24.8 Å². The average Bonchev–Trinajstić information content (AvgIpc) is 2.99. The van der Waals surface area contributed by atoms with E-state index >= 15 is 0 Å². The number of fused-ring (bicyclic) bond motifs is 1. The van der Waals surface area contributed by atoms with Crippen molar-refractivity contribution in [3.05, 3.63) is 65.2 Å². The fourth-order valence-corrected chi connectivity index (χ4v) is 4.19. The van der Waals surface area contributed by atoms with Crippen LogP contribution in [-0.2, 0) is 16.0 Å². The molecule has 0 atom stereocenters. The summed E-state index contributed by atoms with van der Waals surface area (Å²) in [5, 5.41) is 0. The molecule has 1 fully saturated rings. The van der Waals surface area contributed by atoms with E-state index in [2.05, 4.69) is 0 Å². The van der Waals surface area contributed by atoms with Crippen LogP contribution < -0.4 is 4.74 Å². The summed E-state index contributed by atoms with van der Waals surface area (Å²) in [6, 6.07) is 14.1. The Balaban J connectivity index is 1.31. The van der Waals surface area contributed by atoms with Crippen LogP contribution in [0.5, 0.6) is 5.75 Å². The van der Waals surface area contributed by atoms with E-state index in [1.165, 1.54) is 0 Å². The second-order valence-corrected chi connectivity index (χ2v) is 8.11. The number of amides is 4. The van der Waals surface area contributed by atoms with E-state index in [4.69, 9.17) is 4.74 Å². The lowest BCUT2D eigenvalue weighted by atomic mass is 10.1. The highest BCUT2D eigenvalue weighted by atomic mass is 16.5. The first-order valence-corrected chi connectivity index (χ1v) is 11.2. The highest BCUT2D eigenvalue weighted by molar-refractivity contribution is 6.22. The lowest BCUT2D eigenvalue weighted by molar-refractivity contribution is -0.133. The molecule has 8 nitrogen and oxygen atoms in total. The molecule has 0 unspecified atom stereocenters. The van der Waals surface area contributed by atoms with E-state index in [1.54, 1.807) is 34.1 Å². The lowest BCUT2D eigenvalue weighted by Gasteiger charge is -2.24. The molecule has 0 saturated carbocycles. The minimum Gasteiger partial charge on any atom is -0.494 e. The lowest BCUT2D eigenvalue weighted by Crippen LogP contribution is -2.44. The van der Waals surface area contributed by atoms with Crippen LogP contribution in [0.4, 0.5) is 0 Å². The van der Waals surface area contributed by atoms with Crippen LogP contribution in [0.3, 0.4) is 0 Å². The van der Waals surface area contributed by atoms with Crippen molar-refractivity contribution >= 4 is 23.6 Å². The molecule has 0 bridgehead atoms. The number of hydrogen-bond donors (Lipinski definition) is 0. The molecule has 2 heterocycles. The number of carbonyl (C=O) groups excluding carboxylic acids is 4. The van der Waals surface area contributed by atoms with Crippen LogP contribution in [-0.4, -0.2) is 77.7 Å². The molecular formula is C25H27N3O5. The first-order chi connectivity index (χ1) is 16.0. The molecule has 172 valence electrons. The second-order valence-electron chi connectivity index (χ2n) is 8.11. The zero-order valence-corrected chi connectivity index (χ0v) is 18.7. The van der Waals surface area contributed by atoms with Crippen LogP contribution in [0.2, 0.25) is 0 Å². The Hall–Kier alpha value is -3.68. The van der Waals surface area contributed by atoms with Gasteiger partial charge in [0.1, 0.15) is 12.3 Å². The van der Waals surface area contributed by atoms with Crippen LogP contribution in [0.1, 0.15) is 39.6 Å². The van der Waals surface area contributed by atoms with Crippen molar-refractivity contribution in [2.75, 3.05) is 39.3 Å². The van der Waals surface area contributed by atoms with Gasteiger partial charge >= 0.3 is 0 Å². The molecule has 2 aliphatic heterocycles. The Morgan fingerprint density at radius 3 is 1.97 bits per heavy atom. The topological polar surface area (TPSA) is 87.2 Å². The fraction of sp³-hybridized carbons (Fsp3) is 0.360. The Bertz CT molecular complexity index is 1030. The van der Waals surface area contributed by atoms with E-state index in [1.807, 2.05) is 31.2 Å². The third kappa shape index (κ3) is 4.89. The maximum atomic E-state index is 12.9. The van der Waals surface area contributed by atoms with Gasteiger partial charge < -0.3 is 14.5 Å². The van der Waals surface area contributed by atoms with Gasteiger partial charge in [-0.15, -0.1) is 0 Å². The summed E-state index contributed by atoms with van der Waals surface area (Å²) in [4.78, 5) is 55.1. The number of imide groups is 1. The Kier molecular flexibility index (Phi) is 6.72. The van der Waals surface area contributed by atoms with Crippen molar-refractivity contribution in [2.24, 2.45) is 0 Å². The first-order valence-electron chi connectivity index (χ1n) is 11.2. The Morgan fingerprint density at radius 1 is 0.818 bits per heavy atom. The molecule has 1 saturated heterocycles. The number of benzene rings is 2. The fourth-order valence-electron chi connectivity index (χ4n) is 4.19. The van der Waals surface area contributed by atoms with Crippen molar-refractivity contribution in [1.29, 1.82) is 0 Å². The minimum absolute atomic E-state index is 0.00815. The maximum Gasteiger partial charge on any atom is 0.262 e. The normalized spacial score (nSPS) is 16.0. The Labute approximate surface area is 192 Å². The molecule has 0 aliphatic carbocycles. The summed E-state index contributed by atoms with van der Waals surface area (Å²) in [5.41, 5.74) is 1.57. The van der Waals surface area contributed by atoms with Gasteiger partial charge in [0.05, 0.1) is 24.2 Å². The SMILES string of the molecule is CCOc1ccc(CC(=O)N2CCCN(C(=O)CN3C(=O)c4ccccc4C3=O)CC2)cc1. The summed E-state index contributed by atoms with van der Waals surface area (Å²) in [6.07, 6.45) is 0.929. The van der Waals surface area contributed by atoms with Gasteiger partial charge in [0.15, 0.2) is 0 Å². The van der Waals surface area contributed by atoms with Crippen molar-refractivity contribution in [2.45, 2.75) is 19.8 Å². The second kappa shape index (κ2) is 9.85. The molecule has 33 heavy (non-hydrogen) atoms. The molecule has 0 N–H and O–H groups in total. The number of hydrogen-bond acceptors (Lipinski definition) is 5. The largest absolute Gasteiger partial charge is 0.494 e. The quantitative estimate of drug-likeness (QED) is 0.630. The summed E-state index contributed by atoms with van der Waals surface area (Å²) >= 11 is 0. The molecule has 2 aromatic carbocycles. The van der Waals surface area contributed by atoms with Gasteiger partial charge in [-0.3, -0.25) is 24.1 Å². The van der Waals surface area contributed by atoms with E-state index in [0.717, 1.165) is 16.2 Å². The maximum absolute atomic E-state index is 12.9. The minimum atomic E-state index is -0.439. The number of rotatable bonds is 6. The zero-order valence-electron chi connectivity index (χ0n) is 18.7. The molecule has 0 aromatic heterocycles. The van der Waals surface area contributed by atoms with Gasteiger partial charge in [0, 0.05) is 26.2 Å². The molecule has 2 aliphatic rings. The number of nitrogens with zero attached hydrogens (tertiary/aromatic N) is 3. The third-order valence-electron chi connectivity index (χ3n) is 5.96. The van der Waals surface area contributed by atoms with Crippen molar-refractivity contribution in [3.63, 3.8) is 0 Å². The predicted molar refractivity (Wildman–Crippen MR) is 121 cm³/mol. The number of carbonyl (C=O) groups is 4. The van der Waals surface area contributed by atoms with Gasteiger partial charge in [-0.05, 0) is 43.2 Å². The summed E-state index contributed by atoms with van der Waals surface area (Å²) in [5.74, 6) is -0.383. The van der Waals surface area contributed by atoms with Gasteiger partial charge in [-0.2, -0.15) is 0 Å². The molecular weight excluding hydrogens is 422 g/mol. The van der Waals surface area contributed by atoms with Crippen LogP contribution in [0.15, 0.2) is 48.5 Å². The zero-order chi connectivity index (χ0) is 23.4. The van der Waals surface area contributed by atoms with Gasteiger partial charge in [-0.25, -0.2) is 0 Å². The van der Waals surface area contributed by atoms with E-state index < -0.39 is 11.8 Å². The standard InChI is InChI=1S/C25H27N3O5/c1-2-33-19-10-8-18(9-11-19)16-22(29)26-12-5-13-27(15-14-26)23(30)17-28-24(31)20-6-3-4-7-21(20)25(28)32/h3-4,6-11H,2,5,12-17H2,1H3. The van der Waals surface area contributed by atoms with E-state index in [0.29, 0.717) is 50.3 Å². The van der Waals surface area contributed by atoms with Crippen LogP contribution >= 0.6 is 0 Å². The predicted octanol–water partition coefficient (Wildman–Crippen LogP) is 1.98. The van der Waals surface area contributed by atoms with Crippen LogP contribution in [0, 0.1) is 0 Å². The summed E-state index contributed by atoms with van der Waals surface area (Å²) < 4.78 is 5.43. The van der Waals surface area contributed by atoms with Crippen molar-refractivity contribution in [1.82, 2.24) is 14.7 Å². The highest BCUT2D eigenvalue weighted by Gasteiger charge is 2.37. The third-order valence-corrected chi connectivity index (χ3v) is 5.96. The van der Waals surface area contributed by atoms with Crippen LogP contribution in [0.25, 0.3) is 0 Å². The average molecular weight is 450 g/mol. The molecule has 0 radical (unpaired) electrons. The monoisotopic (exact) mass is 449 g/mol. The Morgan fingerprint density at radius 2 is 1.39 bits per heavy atom. The molecule has 4 amide bonds.